The number of nitrogens with zero attached hydrogens (tertiary/aromatic N) is 5. The van der Waals surface area contributed by atoms with Gasteiger partial charge in [-0.15, -0.1) is 11.3 Å². The third-order valence-corrected chi connectivity index (χ3v) is 5.40. The zero-order valence-electron chi connectivity index (χ0n) is 14.6. The van der Waals surface area contributed by atoms with Crippen molar-refractivity contribution in [3.63, 3.8) is 0 Å². The number of amides is 1. The maximum atomic E-state index is 12.7. The summed E-state index contributed by atoms with van der Waals surface area (Å²) in [5.74, 6) is 1.23. The average Bonchev–Trinajstić information content (AvgIpc) is 3.11. The van der Waals surface area contributed by atoms with Gasteiger partial charge in [-0.25, -0.2) is 9.97 Å². The number of hydrogen-bond acceptors (Lipinski definition) is 5. The van der Waals surface area contributed by atoms with Crippen molar-refractivity contribution in [2.75, 3.05) is 26.2 Å². The van der Waals surface area contributed by atoms with Crippen LogP contribution >= 0.6 is 11.3 Å². The number of aromatic nitrogens is 3. The number of carbonyl (C=O) groups is 1. The maximum Gasteiger partial charge on any atom is 0.265 e. The van der Waals surface area contributed by atoms with Gasteiger partial charge in [-0.05, 0) is 27.2 Å². The van der Waals surface area contributed by atoms with Gasteiger partial charge in [0.05, 0.1) is 17.7 Å². The van der Waals surface area contributed by atoms with Gasteiger partial charge in [0.2, 0.25) is 0 Å². The van der Waals surface area contributed by atoms with Crippen LogP contribution in [-0.2, 0) is 6.54 Å². The fourth-order valence-corrected chi connectivity index (χ4v) is 3.89. The fraction of sp³-hybridized carbons (Fsp3) is 0.588. The van der Waals surface area contributed by atoms with Crippen LogP contribution < -0.4 is 0 Å². The fourth-order valence-electron chi connectivity index (χ4n) is 3.12. The molecule has 24 heavy (non-hydrogen) atoms. The van der Waals surface area contributed by atoms with Crippen LogP contribution in [0.2, 0.25) is 0 Å². The Morgan fingerprint density at radius 1 is 1.25 bits per heavy atom. The van der Waals surface area contributed by atoms with Crippen LogP contribution in [0.1, 0.15) is 47.5 Å². The van der Waals surface area contributed by atoms with E-state index in [9.17, 15) is 4.79 Å². The van der Waals surface area contributed by atoms with E-state index in [0.29, 0.717) is 6.04 Å². The molecule has 1 aliphatic rings. The molecule has 2 aromatic rings. The molecule has 130 valence electrons. The number of rotatable bonds is 4. The van der Waals surface area contributed by atoms with E-state index in [2.05, 4.69) is 33.3 Å². The Labute approximate surface area is 147 Å². The van der Waals surface area contributed by atoms with Crippen molar-refractivity contribution < 1.29 is 4.79 Å². The molecule has 2 aromatic heterocycles. The third-order valence-electron chi connectivity index (χ3n) is 4.49. The molecule has 7 heteroatoms. The zero-order valence-corrected chi connectivity index (χ0v) is 15.4. The van der Waals surface area contributed by atoms with E-state index in [4.69, 9.17) is 0 Å². The lowest BCUT2D eigenvalue weighted by atomic mass is 10.3. The van der Waals surface area contributed by atoms with E-state index in [1.54, 1.807) is 5.51 Å². The molecule has 0 radical (unpaired) electrons. The number of thiazole rings is 1. The molecule has 0 aliphatic carbocycles. The lowest BCUT2D eigenvalue weighted by molar-refractivity contribution is 0.0765. The number of imidazole rings is 1. The summed E-state index contributed by atoms with van der Waals surface area (Å²) in [5.41, 5.74) is 2.59. The van der Waals surface area contributed by atoms with Crippen molar-refractivity contribution in [3.05, 3.63) is 34.3 Å². The van der Waals surface area contributed by atoms with Crippen molar-refractivity contribution in [3.8, 4) is 0 Å². The first-order valence-corrected chi connectivity index (χ1v) is 9.37. The second kappa shape index (κ2) is 7.44. The topological polar surface area (TPSA) is 54.3 Å². The summed E-state index contributed by atoms with van der Waals surface area (Å²) in [7, 11) is 0. The predicted molar refractivity (Wildman–Crippen MR) is 95.3 cm³/mol. The molecule has 1 amide bonds. The molecule has 3 heterocycles. The van der Waals surface area contributed by atoms with Gasteiger partial charge < -0.3 is 9.47 Å². The molecular weight excluding hydrogens is 322 g/mol. The highest BCUT2D eigenvalue weighted by atomic mass is 32.1. The van der Waals surface area contributed by atoms with Gasteiger partial charge >= 0.3 is 0 Å². The third kappa shape index (κ3) is 3.67. The van der Waals surface area contributed by atoms with E-state index >= 15 is 0 Å². The largest absolute Gasteiger partial charge is 0.337 e. The molecule has 0 spiro atoms. The van der Waals surface area contributed by atoms with Crippen LogP contribution in [0.15, 0.2) is 17.9 Å². The average molecular weight is 347 g/mol. The summed E-state index contributed by atoms with van der Waals surface area (Å²) in [4.78, 5) is 26.5. The number of aryl methyl sites for hydroxylation is 1. The van der Waals surface area contributed by atoms with Crippen molar-refractivity contribution in [1.82, 2.24) is 24.3 Å². The Morgan fingerprint density at radius 2 is 2.08 bits per heavy atom. The van der Waals surface area contributed by atoms with E-state index in [0.717, 1.165) is 55.5 Å². The summed E-state index contributed by atoms with van der Waals surface area (Å²) in [6.45, 7) is 10.5. The van der Waals surface area contributed by atoms with Crippen molar-refractivity contribution in [2.45, 2.75) is 39.8 Å². The van der Waals surface area contributed by atoms with Gasteiger partial charge in [-0.2, -0.15) is 0 Å². The zero-order chi connectivity index (χ0) is 17.1. The first-order chi connectivity index (χ1) is 11.6. The maximum absolute atomic E-state index is 12.7. The lowest BCUT2D eigenvalue weighted by Crippen LogP contribution is -2.35. The first kappa shape index (κ1) is 17.1. The normalized spacial score (nSPS) is 16.6. The van der Waals surface area contributed by atoms with Crippen molar-refractivity contribution in [2.24, 2.45) is 0 Å². The van der Waals surface area contributed by atoms with Gasteiger partial charge in [0.1, 0.15) is 10.7 Å². The smallest absolute Gasteiger partial charge is 0.265 e. The van der Waals surface area contributed by atoms with Crippen LogP contribution in [0.5, 0.6) is 0 Å². The highest BCUT2D eigenvalue weighted by molar-refractivity contribution is 7.11. The van der Waals surface area contributed by atoms with Crippen LogP contribution in [-0.4, -0.2) is 56.4 Å². The molecule has 1 saturated heterocycles. The van der Waals surface area contributed by atoms with Crippen LogP contribution in [0.25, 0.3) is 0 Å². The molecule has 6 nitrogen and oxygen atoms in total. The molecule has 0 atom stereocenters. The lowest BCUT2D eigenvalue weighted by Gasteiger charge is -2.22. The van der Waals surface area contributed by atoms with E-state index in [1.807, 2.05) is 24.2 Å². The van der Waals surface area contributed by atoms with Gasteiger partial charge in [-0.1, -0.05) is 0 Å². The minimum Gasteiger partial charge on any atom is -0.337 e. The van der Waals surface area contributed by atoms with E-state index in [-0.39, 0.29) is 5.91 Å². The highest BCUT2D eigenvalue weighted by Gasteiger charge is 2.23. The summed E-state index contributed by atoms with van der Waals surface area (Å²) < 4.78 is 2.22. The predicted octanol–water partition coefficient (Wildman–Crippen LogP) is 2.58. The summed E-state index contributed by atoms with van der Waals surface area (Å²) in [6.07, 6.45) is 4.90. The van der Waals surface area contributed by atoms with Crippen LogP contribution in [0.4, 0.5) is 0 Å². The number of carbonyl (C=O) groups excluding carboxylic acids is 1. The first-order valence-electron chi connectivity index (χ1n) is 8.49. The Hall–Kier alpha value is -1.73. The van der Waals surface area contributed by atoms with Crippen molar-refractivity contribution >= 4 is 17.2 Å². The number of hydrogen-bond donors (Lipinski definition) is 0. The SMILES string of the molecule is Cc1ncsc1C(=O)N1CCCN(Cc2nccn2C(C)C)CC1. The molecule has 1 fully saturated rings. The minimum absolute atomic E-state index is 0.125. The monoisotopic (exact) mass is 347 g/mol. The molecule has 0 unspecified atom stereocenters. The Kier molecular flexibility index (Phi) is 5.30. The minimum atomic E-state index is 0.125. The van der Waals surface area contributed by atoms with Gasteiger partial charge in [0, 0.05) is 44.6 Å². The molecule has 0 bridgehead atoms. The molecule has 0 N–H and O–H groups in total. The standard InChI is InChI=1S/C17H25N5OS/c1-13(2)22-8-5-18-15(22)11-20-6-4-7-21(10-9-20)17(23)16-14(3)19-12-24-16/h5,8,12-13H,4,6-7,9-11H2,1-3H3. The molecule has 1 aliphatic heterocycles. The van der Waals surface area contributed by atoms with E-state index < -0.39 is 0 Å². The molecule has 0 saturated carbocycles. The van der Waals surface area contributed by atoms with Gasteiger partial charge in [-0.3, -0.25) is 9.69 Å². The molecule has 3 rings (SSSR count). The van der Waals surface area contributed by atoms with E-state index in [1.165, 1.54) is 11.3 Å². The summed E-state index contributed by atoms with van der Waals surface area (Å²) >= 11 is 1.44. The quantitative estimate of drug-likeness (QED) is 0.853. The second-order valence-corrected chi connectivity index (χ2v) is 7.39. The van der Waals surface area contributed by atoms with Crippen LogP contribution in [0.3, 0.4) is 0 Å². The Balaban J connectivity index is 1.62. The second-order valence-electron chi connectivity index (χ2n) is 6.53. The summed E-state index contributed by atoms with van der Waals surface area (Å²) in [5, 5.41) is 0. The van der Waals surface area contributed by atoms with Crippen molar-refractivity contribution in [1.29, 1.82) is 0 Å². The van der Waals surface area contributed by atoms with Gasteiger partial charge in [0.25, 0.3) is 5.91 Å². The Bertz CT molecular complexity index is 693. The molecule has 0 aromatic carbocycles. The molecular formula is C17H25N5OS. The highest BCUT2D eigenvalue weighted by Crippen LogP contribution is 2.17. The Morgan fingerprint density at radius 3 is 2.79 bits per heavy atom. The summed E-state index contributed by atoms with van der Waals surface area (Å²) in [6, 6.07) is 0.418. The van der Waals surface area contributed by atoms with Crippen LogP contribution in [0, 0.1) is 6.92 Å². The van der Waals surface area contributed by atoms with Gasteiger partial charge in [0.15, 0.2) is 0 Å².